The Hall–Kier alpha value is -3.47. The van der Waals surface area contributed by atoms with Gasteiger partial charge in [-0.1, -0.05) is 0 Å². The molecule has 1 amide bonds. The molecule has 3 aromatic heterocycles. The van der Waals surface area contributed by atoms with Crippen LogP contribution >= 0.6 is 11.3 Å². The second-order valence-electron chi connectivity index (χ2n) is 5.11. The second-order valence-corrected chi connectivity index (χ2v) is 5.97. The highest BCUT2D eigenvalue weighted by Crippen LogP contribution is 2.28. The van der Waals surface area contributed by atoms with Crippen molar-refractivity contribution in [3.63, 3.8) is 0 Å². The fourth-order valence-electron chi connectivity index (χ4n) is 2.01. The first-order valence-corrected chi connectivity index (χ1v) is 8.31. The quantitative estimate of drug-likeness (QED) is 0.393. The summed E-state index contributed by atoms with van der Waals surface area (Å²) in [5, 5.41) is 4.75. The first-order valence-electron chi connectivity index (χ1n) is 7.43. The zero-order valence-electron chi connectivity index (χ0n) is 13.8. The lowest BCUT2D eigenvalue weighted by Crippen LogP contribution is -2.13. The summed E-state index contributed by atoms with van der Waals surface area (Å²) >= 11 is 1.24. The molecule has 0 atom stereocenters. The SMILES string of the molecule is Cc1csc(NC(=O)c2cc(Oc3cc(F)cnc3F)cnc2/N=C\N)n1. The van der Waals surface area contributed by atoms with Crippen LogP contribution in [-0.4, -0.2) is 27.2 Å². The highest BCUT2D eigenvalue weighted by molar-refractivity contribution is 7.13. The van der Waals surface area contributed by atoms with Crippen molar-refractivity contribution in [1.82, 2.24) is 15.0 Å². The monoisotopic (exact) mass is 390 g/mol. The van der Waals surface area contributed by atoms with E-state index in [0.717, 1.165) is 18.1 Å². The first kappa shape index (κ1) is 18.3. The van der Waals surface area contributed by atoms with Gasteiger partial charge in [0.15, 0.2) is 16.7 Å². The van der Waals surface area contributed by atoms with Crippen LogP contribution < -0.4 is 15.8 Å². The van der Waals surface area contributed by atoms with Crippen LogP contribution in [0.5, 0.6) is 11.5 Å². The molecule has 0 aliphatic carbocycles. The van der Waals surface area contributed by atoms with E-state index in [0.29, 0.717) is 11.3 Å². The molecule has 138 valence electrons. The Kier molecular flexibility index (Phi) is 5.31. The molecule has 0 saturated carbocycles. The molecule has 0 aliphatic rings. The standard InChI is InChI=1S/C16H12F2N6O2S/c1-8-6-27-16(23-8)24-15(25)11-3-10(5-21-14(11)22-7-19)26-12-2-9(17)4-20-13(12)18/h2-7H,1H3,(H2,19,21,22)(H,23,24,25). The highest BCUT2D eigenvalue weighted by atomic mass is 32.1. The molecule has 3 N–H and O–H groups in total. The van der Waals surface area contributed by atoms with Gasteiger partial charge in [0.1, 0.15) is 11.6 Å². The van der Waals surface area contributed by atoms with E-state index in [9.17, 15) is 13.6 Å². The molecule has 0 unspecified atom stereocenters. The average Bonchev–Trinajstić information content (AvgIpc) is 3.04. The maximum absolute atomic E-state index is 13.7. The Morgan fingerprint density at radius 3 is 2.85 bits per heavy atom. The van der Waals surface area contributed by atoms with E-state index < -0.39 is 23.4 Å². The van der Waals surface area contributed by atoms with Crippen molar-refractivity contribution in [1.29, 1.82) is 0 Å². The van der Waals surface area contributed by atoms with Gasteiger partial charge < -0.3 is 10.5 Å². The lowest BCUT2D eigenvalue weighted by Gasteiger charge is -2.09. The number of amides is 1. The molecule has 3 rings (SSSR count). The number of hydrogen-bond donors (Lipinski definition) is 2. The van der Waals surface area contributed by atoms with Gasteiger partial charge in [-0.25, -0.2) is 24.3 Å². The summed E-state index contributed by atoms with van der Waals surface area (Å²) in [6, 6.07) is 2.10. The normalized spacial score (nSPS) is 10.9. The zero-order valence-corrected chi connectivity index (χ0v) is 14.6. The number of rotatable bonds is 5. The summed E-state index contributed by atoms with van der Waals surface area (Å²) in [5.41, 5.74) is 6.04. The third-order valence-corrected chi connectivity index (χ3v) is 4.00. The van der Waals surface area contributed by atoms with Crippen molar-refractivity contribution < 1.29 is 18.3 Å². The number of ether oxygens (including phenoxy) is 1. The second kappa shape index (κ2) is 7.83. The Morgan fingerprint density at radius 1 is 1.33 bits per heavy atom. The predicted octanol–water partition coefficient (Wildman–Crippen LogP) is 3.18. The molecule has 8 nitrogen and oxygen atoms in total. The number of aliphatic imine (C=N–C) groups is 1. The van der Waals surface area contributed by atoms with Crippen molar-refractivity contribution in [2.45, 2.75) is 6.92 Å². The number of nitrogens with two attached hydrogens (primary N) is 1. The summed E-state index contributed by atoms with van der Waals surface area (Å²) in [6.45, 7) is 1.79. The van der Waals surface area contributed by atoms with Crippen molar-refractivity contribution in [2.24, 2.45) is 10.7 Å². The third-order valence-electron chi connectivity index (χ3n) is 3.12. The Morgan fingerprint density at radius 2 is 2.15 bits per heavy atom. The van der Waals surface area contributed by atoms with Gasteiger partial charge in [-0.15, -0.1) is 11.3 Å². The molecule has 0 aliphatic heterocycles. The molecular weight excluding hydrogens is 378 g/mol. The maximum Gasteiger partial charge on any atom is 0.261 e. The molecule has 0 spiro atoms. The molecule has 0 fully saturated rings. The number of halogens is 2. The van der Waals surface area contributed by atoms with Gasteiger partial charge >= 0.3 is 0 Å². The molecule has 11 heteroatoms. The number of nitrogens with zero attached hydrogens (tertiary/aromatic N) is 4. The molecule has 0 bridgehead atoms. The van der Waals surface area contributed by atoms with Gasteiger partial charge in [0.05, 0.1) is 30.0 Å². The van der Waals surface area contributed by atoms with Crippen molar-refractivity contribution in [3.8, 4) is 11.5 Å². The number of thiazole rings is 1. The Labute approximate surface area is 155 Å². The lowest BCUT2D eigenvalue weighted by molar-refractivity contribution is 0.102. The van der Waals surface area contributed by atoms with Crippen LogP contribution in [0.2, 0.25) is 0 Å². The van der Waals surface area contributed by atoms with Gasteiger partial charge in [-0.2, -0.15) is 4.39 Å². The molecule has 0 saturated heterocycles. The van der Waals surface area contributed by atoms with Gasteiger partial charge in [-0.05, 0) is 13.0 Å². The number of aryl methyl sites for hydroxylation is 1. The van der Waals surface area contributed by atoms with E-state index in [-0.39, 0.29) is 17.1 Å². The predicted molar refractivity (Wildman–Crippen MR) is 95.6 cm³/mol. The number of carbonyl (C=O) groups excluding carboxylic acids is 1. The number of hydrogen-bond acceptors (Lipinski definition) is 7. The highest BCUT2D eigenvalue weighted by Gasteiger charge is 2.17. The van der Waals surface area contributed by atoms with Crippen LogP contribution in [0.25, 0.3) is 0 Å². The van der Waals surface area contributed by atoms with Gasteiger partial charge in [0.25, 0.3) is 11.9 Å². The van der Waals surface area contributed by atoms with Crippen LogP contribution in [-0.2, 0) is 0 Å². The first-order chi connectivity index (χ1) is 13.0. The number of nitrogens with one attached hydrogen (secondary N) is 1. The fraction of sp³-hybridized carbons (Fsp3) is 0.0625. The Bertz CT molecular complexity index is 1020. The van der Waals surface area contributed by atoms with Crippen LogP contribution in [0, 0.1) is 18.7 Å². The summed E-state index contributed by atoms with van der Waals surface area (Å²) in [5.74, 6) is -2.80. The molecule has 3 aromatic rings. The number of anilines is 1. The summed E-state index contributed by atoms with van der Waals surface area (Å²) in [4.78, 5) is 27.7. The Balaban J connectivity index is 1.92. The van der Waals surface area contributed by atoms with E-state index in [1.54, 1.807) is 12.3 Å². The number of pyridine rings is 2. The van der Waals surface area contributed by atoms with Crippen LogP contribution in [0.3, 0.4) is 0 Å². The van der Waals surface area contributed by atoms with Crippen molar-refractivity contribution in [2.75, 3.05) is 5.32 Å². The van der Waals surface area contributed by atoms with E-state index in [4.69, 9.17) is 10.5 Å². The molecule has 0 aromatic carbocycles. The third kappa shape index (κ3) is 4.39. The summed E-state index contributed by atoms with van der Waals surface area (Å²) in [7, 11) is 0. The topological polar surface area (TPSA) is 115 Å². The van der Waals surface area contributed by atoms with Crippen molar-refractivity contribution in [3.05, 3.63) is 52.9 Å². The minimum absolute atomic E-state index is 0.00632. The number of aromatic nitrogens is 3. The average molecular weight is 390 g/mol. The van der Waals surface area contributed by atoms with Crippen LogP contribution in [0.1, 0.15) is 16.1 Å². The van der Waals surface area contributed by atoms with Gasteiger partial charge in [-0.3, -0.25) is 10.1 Å². The lowest BCUT2D eigenvalue weighted by atomic mass is 10.2. The minimum Gasteiger partial charge on any atom is -0.451 e. The molecule has 3 heterocycles. The molecule has 27 heavy (non-hydrogen) atoms. The smallest absolute Gasteiger partial charge is 0.261 e. The van der Waals surface area contributed by atoms with E-state index in [2.05, 4.69) is 25.3 Å². The van der Waals surface area contributed by atoms with Gasteiger partial charge in [0, 0.05) is 11.4 Å². The van der Waals surface area contributed by atoms with Gasteiger partial charge in [0.2, 0.25) is 0 Å². The summed E-state index contributed by atoms with van der Waals surface area (Å²) in [6.07, 6.45) is 2.88. The largest absolute Gasteiger partial charge is 0.451 e. The zero-order chi connectivity index (χ0) is 19.4. The summed E-state index contributed by atoms with van der Waals surface area (Å²) < 4.78 is 32.1. The van der Waals surface area contributed by atoms with Crippen molar-refractivity contribution >= 4 is 34.5 Å². The molecule has 0 radical (unpaired) electrons. The van der Waals surface area contributed by atoms with E-state index >= 15 is 0 Å². The maximum atomic E-state index is 13.7. The number of carbonyl (C=O) groups is 1. The minimum atomic E-state index is -1.01. The fourth-order valence-corrected chi connectivity index (χ4v) is 2.70. The van der Waals surface area contributed by atoms with Crippen LogP contribution in [0.4, 0.5) is 19.7 Å². The van der Waals surface area contributed by atoms with E-state index in [1.807, 2.05) is 0 Å². The van der Waals surface area contributed by atoms with Crippen LogP contribution in [0.15, 0.2) is 34.9 Å². The van der Waals surface area contributed by atoms with E-state index in [1.165, 1.54) is 23.6 Å². The molecular formula is C16H12F2N6O2S.